The van der Waals surface area contributed by atoms with Crippen LogP contribution in [0.25, 0.3) is 0 Å². The van der Waals surface area contributed by atoms with E-state index in [1.54, 1.807) is 0 Å². The number of amides is 3. The number of carbonyl (C=O) groups is 3. The van der Waals surface area contributed by atoms with Gasteiger partial charge in [0.1, 0.15) is 23.5 Å². The van der Waals surface area contributed by atoms with Gasteiger partial charge in [-0.2, -0.15) is 18.4 Å². The third kappa shape index (κ3) is 6.73. The first-order chi connectivity index (χ1) is 14.7. The minimum absolute atomic E-state index is 0.0256. The molecular formula is C21H28F3N5O3. The Labute approximate surface area is 184 Å². The summed E-state index contributed by atoms with van der Waals surface area (Å²) in [5, 5.41) is 17.3. The van der Waals surface area contributed by atoms with E-state index in [4.69, 9.17) is 0 Å². The van der Waals surface area contributed by atoms with E-state index in [2.05, 4.69) is 16.0 Å². The van der Waals surface area contributed by atoms with Gasteiger partial charge in [-0.3, -0.25) is 14.4 Å². The van der Waals surface area contributed by atoms with Crippen LogP contribution in [-0.2, 0) is 15.8 Å². The van der Waals surface area contributed by atoms with E-state index in [0.717, 1.165) is 12.1 Å². The Hall–Kier alpha value is -3.03. The van der Waals surface area contributed by atoms with E-state index in [1.807, 2.05) is 38.7 Å². The molecule has 8 nitrogen and oxygen atoms in total. The summed E-state index contributed by atoms with van der Waals surface area (Å²) in [7, 11) is 0. The van der Waals surface area contributed by atoms with E-state index in [0.29, 0.717) is 6.42 Å². The minimum atomic E-state index is -4.63. The number of nitrogens with one attached hydrogen (secondary N) is 4. The summed E-state index contributed by atoms with van der Waals surface area (Å²) in [6, 6.07) is 1.67. The van der Waals surface area contributed by atoms with E-state index >= 15 is 0 Å². The molecule has 1 aromatic rings. The Kier molecular flexibility index (Phi) is 7.59. The zero-order valence-corrected chi connectivity index (χ0v) is 18.4. The zero-order chi connectivity index (χ0) is 24.3. The highest BCUT2D eigenvalue weighted by Gasteiger charge is 2.39. The molecule has 1 saturated heterocycles. The van der Waals surface area contributed by atoms with Gasteiger partial charge in [0.2, 0.25) is 11.8 Å². The molecule has 1 aliphatic rings. The highest BCUT2D eigenvalue weighted by molar-refractivity contribution is 5.96. The van der Waals surface area contributed by atoms with Crippen LogP contribution in [0.4, 0.5) is 13.2 Å². The summed E-state index contributed by atoms with van der Waals surface area (Å²) in [4.78, 5) is 39.3. The molecule has 0 bridgehead atoms. The van der Waals surface area contributed by atoms with Gasteiger partial charge in [-0.15, -0.1) is 0 Å². The van der Waals surface area contributed by atoms with E-state index in [9.17, 15) is 32.8 Å². The molecule has 32 heavy (non-hydrogen) atoms. The third-order valence-electron chi connectivity index (χ3n) is 5.15. The first-order valence-corrected chi connectivity index (χ1v) is 10.3. The van der Waals surface area contributed by atoms with Crippen molar-refractivity contribution in [2.24, 2.45) is 11.8 Å². The lowest BCUT2D eigenvalue weighted by molar-refractivity contribution is -0.140. The van der Waals surface area contributed by atoms with Crippen LogP contribution in [0, 0.1) is 23.2 Å². The fourth-order valence-electron chi connectivity index (χ4n) is 3.72. The molecule has 0 radical (unpaired) electrons. The molecule has 176 valence electrons. The van der Waals surface area contributed by atoms with Crippen LogP contribution >= 0.6 is 0 Å². The number of H-pyrrole nitrogens is 1. The average Bonchev–Trinajstić information content (AvgIpc) is 3.24. The lowest BCUT2D eigenvalue weighted by atomic mass is 9.91. The van der Waals surface area contributed by atoms with Crippen molar-refractivity contribution < 1.29 is 27.6 Å². The first-order valence-electron chi connectivity index (χ1n) is 10.3. The van der Waals surface area contributed by atoms with Crippen LogP contribution in [-0.4, -0.2) is 40.3 Å². The molecule has 0 aromatic carbocycles. The van der Waals surface area contributed by atoms with Crippen molar-refractivity contribution in [2.75, 3.05) is 0 Å². The second kappa shape index (κ2) is 9.63. The van der Waals surface area contributed by atoms with Gasteiger partial charge in [0.05, 0.1) is 6.07 Å². The predicted molar refractivity (Wildman–Crippen MR) is 109 cm³/mol. The molecule has 0 saturated carbocycles. The quantitative estimate of drug-likeness (QED) is 0.480. The van der Waals surface area contributed by atoms with Crippen molar-refractivity contribution >= 4 is 17.7 Å². The summed E-state index contributed by atoms with van der Waals surface area (Å²) in [6.45, 7) is 7.36. The Morgan fingerprint density at radius 3 is 2.41 bits per heavy atom. The van der Waals surface area contributed by atoms with Crippen molar-refractivity contribution in [3.05, 3.63) is 23.5 Å². The number of nitriles is 1. The number of aromatic nitrogens is 1. The zero-order valence-electron chi connectivity index (χ0n) is 18.4. The molecule has 0 aliphatic carbocycles. The van der Waals surface area contributed by atoms with Crippen molar-refractivity contribution in [2.45, 2.75) is 70.8 Å². The standard InChI is InChI=1S/C21H28F3N5O3/c1-11(2)7-15(28-18(31)14-5-6-16(27-14)21(22,23)24)19(32)26-13(10-25)8-12-9-20(3,4)29-17(12)30/h5-6,11-13,15,27H,7-9H2,1-4H3,(H,26,32)(H,28,31)(H,29,30). The molecule has 1 aliphatic heterocycles. The Morgan fingerprint density at radius 1 is 1.28 bits per heavy atom. The summed E-state index contributed by atoms with van der Waals surface area (Å²) in [5.74, 6) is -2.16. The molecule has 4 N–H and O–H groups in total. The number of hydrogen-bond acceptors (Lipinski definition) is 4. The molecule has 11 heteroatoms. The van der Waals surface area contributed by atoms with E-state index in [-0.39, 0.29) is 30.4 Å². The van der Waals surface area contributed by atoms with Crippen LogP contribution in [0.3, 0.4) is 0 Å². The topological polar surface area (TPSA) is 127 Å². The summed E-state index contributed by atoms with van der Waals surface area (Å²) in [5.41, 5.74) is -1.80. The van der Waals surface area contributed by atoms with Gasteiger partial charge in [0.15, 0.2) is 0 Å². The number of nitrogens with zero attached hydrogens (tertiary/aromatic N) is 1. The maximum absolute atomic E-state index is 12.8. The molecule has 1 aromatic heterocycles. The molecule has 3 amide bonds. The number of rotatable bonds is 8. The Morgan fingerprint density at radius 2 is 1.94 bits per heavy atom. The first kappa shape index (κ1) is 25.2. The van der Waals surface area contributed by atoms with Gasteiger partial charge in [0, 0.05) is 11.5 Å². The lowest BCUT2D eigenvalue weighted by Crippen LogP contribution is -2.50. The van der Waals surface area contributed by atoms with Crippen LogP contribution in [0.2, 0.25) is 0 Å². The lowest BCUT2D eigenvalue weighted by Gasteiger charge is -2.22. The van der Waals surface area contributed by atoms with Crippen LogP contribution < -0.4 is 16.0 Å². The van der Waals surface area contributed by atoms with Crippen molar-refractivity contribution in [1.29, 1.82) is 5.26 Å². The maximum atomic E-state index is 12.8. The number of hydrogen-bond donors (Lipinski definition) is 4. The second-order valence-corrected chi connectivity index (χ2v) is 9.14. The van der Waals surface area contributed by atoms with Gasteiger partial charge in [-0.1, -0.05) is 13.8 Å². The summed E-state index contributed by atoms with van der Waals surface area (Å²) >= 11 is 0. The maximum Gasteiger partial charge on any atom is 0.431 e. The summed E-state index contributed by atoms with van der Waals surface area (Å²) < 4.78 is 38.3. The molecule has 2 heterocycles. The largest absolute Gasteiger partial charge is 0.431 e. The fourth-order valence-corrected chi connectivity index (χ4v) is 3.72. The van der Waals surface area contributed by atoms with Crippen molar-refractivity contribution in [1.82, 2.24) is 20.9 Å². The molecule has 1 fully saturated rings. The van der Waals surface area contributed by atoms with E-state index in [1.165, 1.54) is 0 Å². The normalized spacial score (nSPS) is 19.7. The van der Waals surface area contributed by atoms with Gasteiger partial charge in [0.25, 0.3) is 5.91 Å². The number of carbonyl (C=O) groups excluding carboxylic acids is 3. The fraction of sp³-hybridized carbons (Fsp3) is 0.619. The smallest absolute Gasteiger partial charge is 0.351 e. The number of alkyl halides is 3. The minimum Gasteiger partial charge on any atom is -0.351 e. The molecule has 2 rings (SSSR count). The highest BCUT2D eigenvalue weighted by Crippen LogP contribution is 2.29. The Balaban J connectivity index is 2.06. The SMILES string of the molecule is CC(C)CC(NC(=O)c1ccc(C(F)(F)F)[nH]1)C(=O)NC(C#N)CC1CC(C)(C)NC1=O. The van der Waals surface area contributed by atoms with Crippen molar-refractivity contribution in [3.63, 3.8) is 0 Å². The second-order valence-electron chi connectivity index (χ2n) is 9.14. The average molecular weight is 455 g/mol. The summed E-state index contributed by atoms with van der Waals surface area (Å²) in [6.07, 6.45) is -3.79. The van der Waals surface area contributed by atoms with Gasteiger partial charge >= 0.3 is 6.18 Å². The van der Waals surface area contributed by atoms with Crippen molar-refractivity contribution in [3.8, 4) is 6.07 Å². The van der Waals surface area contributed by atoms with Gasteiger partial charge in [-0.25, -0.2) is 0 Å². The van der Waals surface area contributed by atoms with Gasteiger partial charge in [-0.05, 0) is 51.2 Å². The van der Waals surface area contributed by atoms with E-state index < -0.39 is 47.2 Å². The third-order valence-corrected chi connectivity index (χ3v) is 5.15. The van der Waals surface area contributed by atoms with Crippen LogP contribution in [0.1, 0.15) is 63.1 Å². The monoisotopic (exact) mass is 455 g/mol. The van der Waals surface area contributed by atoms with Gasteiger partial charge < -0.3 is 20.9 Å². The molecule has 3 atom stereocenters. The number of halogens is 3. The molecule has 0 spiro atoms. The Bertz CT molecular complexity index is 901. The predicted octanol–water partition coefficient (Wildman–Crippen LogP) is 2.49. The molecule has 3 unspecified atom stereocenters. The molecular weight excluding hydrogens is 427 g/mol. The van der Waals surface area contributed by atoms with Crippen LogP contribution in [0.15, 0.2) is 12.1 Å². The van der Waals surface area contributed by atoms with Crippen LogP contribution in [0.5, 0.6) is 0 Å². The number of aromatic amines is 1. The highest BCUT2D eigenvalue weighted by atomic mass is 19.4.